The smallest absolute Gasteiger partial charge is 0.0559 e. The Morgan fingerprint density at radius 3 is 2.33 bits per heavy atom. The van der Waals surface area contributed by atoms with E-state index in [1.807, 2.05) is 6.92 Å². The number of nitrogens with one attached hydrogen (secondary N) is 1. The number of aliphatic hydroxyl groups excluding tert-OH is 1. The molecule has 2 N–H and O–H groups in total. The molecule has 0 aromatic rings. The molecule has 0 aliphatic heterocycles. The molecule has 0 bridgehead atoms. The second-order valence-corrected chi connectivity index (χ2v) is 1.73. The van der Waals surface area contributed by atoms with Crippen molar-refractivity contribution < 1.29 is 26.2 Å². The summed E-state index contributed by atoms with van der Waals surface area (Å²) >= 11 is 0. The monoisotopic (exact) mass is 300 g/mol. The molecule has 56 valence electrons. The zero-order chi connectivity index (χ0) is 6.41. The molecule has 1 unspecified atom stereocenters. The molecule has 3 heteroatoms. The minimum absolute atomic E-state index is 0. The molecule has 1 atom stereocenters. The van der Waals surface area contributed by atoms with Crippen LogP contribution in [0.25, 0.3) is 0 Å². The Morgan fingerprint density at radius 2 is 2.22 bits per heavy atom. The molecule has 0 aromatic heterocycles. The standard InChI is InChI=1S/C6H14NO.W/c1-3-6(5-8)7-4-2;/h6-8H,1,3-5H2,2H3;/q-1;. The summed E-state index contributed by atoms with van der Waals surface area (Å²) in [7, 11) is 0. The largest absolute Gasteiger partial charge is 0.395 e. The van der Waals surface area contributed by atoms with Crippen molar-refractivity contribution in [3.63, 3.8) is 0 Å². The van der Waals surface area contributed by atoms with E-state index in [4.69, 9.17) is 5.11 Å². The van der Waals surface area contributed by atoms with Crippen LogP contribution in [0.15, 0.2) is 0 Å². The van der Waals surface area contributed by atoms with Gasteiger partial charge < -0.3 is 17.3 Å². The molecule has 0 heterocycles. The van der Waals surface area contributed by atoms with Crippen LogP contribution in [0.4, 0.5) is 0 Å². The Balaban J connectivity index is 0. The Bertz CT molecular complexity index is 48.3. The molecule has 0 amide bonds. The molecule has 0 aliphatic rings. The van der Waals surface area contributed by atoms with Gasteiger partial charge in [0, 0.05) is 27.1 Å². The Morgan fingerprint density at radius 1 is 1.67 bits per heavy atom. The predicted molar refractivity (Wildman–Crippen MR) is 34.5 cm³/mol. The van der Waals surface area contributed by atoms with Gasteiger partial charge in [-0.2, -0.15) is 6.42 Å². The summed E-state index contributed by atoms with van der Waals surface area (Å²) in [6.45, 7) is 6.76. The third kappa shape index (κ3) is 6.49. The minimum atomic E-state index is 0. The maximum absolute atomic E-state index is 8.55. The summed E-state index contributed by atoms with van der Waals surface area (Å²) in [6.07, 6.45) is 0.754. The summed E-state index contributed by atoms with van der Waals surface area (Å²) in [5.74, 6) is 0. The first-order valence-electron chi connectivity index (χ1n) is 2.98. The topological polar surface area (TPSA) is 32.3 Å². The molecular weight excluding hydrogens is 286 g/mol. The van der Waals surface area contributed by atoms with Crippen LogP contribution in [-0.2, 0) is 21.1 Å². The molecule has 2 nitrogen and oxygen atoms in total. The SMILES string of the molecule is [CH2-]CC(CO)NCC.[W]. The molecule has 9 heavy (non-hydrogen) atoms. The van der Waals surface area contributed by atoms with Crippen molar-refractivity contribution in [1.82, 2.24) is 5.32 Å². The second kappa shape index (κ2) is 8.61. The first kappa shape index (κ1) is 12.3. The van der Waals surface area contributed by atoms with E-state index in [2.05, 4.69) is 12.2 Å². The number of hydrogen-bond acceptors (Lipinski definition) is 2. The van der Waals surface area contributed by atoms with Crippen LogP contribution >= 0.6 is 0 Å². The number of likely N-dealkylation sites (N-methyl/N-ethyl adjacent to an activating group) is 1. The molecule has 0 radical (unpaired) electrons. The van der Waals surface area contributed by atoms with Gasteiger partial charge in [-0.15, -0.1) is 0 Å². The van der Waals surface area contributed by atoms with Crippen LogP contribution in [-0.4, -0.2) is 24.3 Å². The quantitative estimate of drug-likeness (QED) is 0.726. The van der Waals surface area contributed by atoms with E-state index in [9.17, 15) is 0 Å². The van der Waals surface area contributed by atoms with E-state index in [0.29, 0.717) is 0 Å². The van der Waals surface area contributed by atoms with Gasteiger partial charge in [0.1, 0.15) is 0 Å². The van der Waals surface area contributed by atoms with Crippen molar-refractivity contribution in [2.45, 2.75) is 19.4 Å². The molecule has 0 fully saturated rings. The maximum Gasteiger partial charge on any atom is 0.0559 e. The molecule has 0 saturated heterocycles. The average Bonchev–Trinajstić information content (AvgIpc) is 1.83. The Kier molecular flexibility index (Phi) is 11.8. The van der Waals surface area contributed by atoms with Crippen LogP contribution < -0.4 is 5.32 Å². The second-order valence-electron chi connectivity index (χ2n) is 1.73. The first-order valence-corrected chi connectivity index (χ1v) is 2.98. The van der Waals surface area contributed by atoms with Crippen molar-refractivity contribution in [3.05, 3.63) is 6.92 Å². The molecule has 0 aliphatic carbocycles. The fourth-order valence-electron chi connectivity index (χ4n) is 0.547. The van der Waals surface area contributed by atoms with Crippen molar-refractivity contribution in [2.24, 2.45) is 0 Å². The summed E-state index contributed by atoms with van der Waals surface area (Å²) in [4.78, 5) is 0. The van der Waals surface area contributed by atoms with Gasteiger partial charge >= 0.3 is 0 Å². The predicted octanol–water partition coefficient (Wildman–Crippen LogP) is 0.178. The van der Waals surface area contributed by atoms with Crippen LogP contribution in [0.5, 0.6) is 0 Å². The van der Waals surface area contributed by atoms with Gasteiger partial charge in [0.15, 0.2) is 0 Å². The zero-order valence-corrected chi connectivity index (χ0v) is 8.69. The normalized spacial score (nSPS) is 12.3. The molecule has 0 aromatic carbocycles. The summed E-state index contributed by atoms with van der Waals surface area (Å²) < 4.78 is 0. The van der Waals surface area contributed by atoms with Crippen molar-refractivity contribution in [2.75, 3.05) is 13.2 Å². The third-order valence-electron chi connectivity index (χ3n) is 1.06. The summed E-state index contributed by atoms with van der Waals surface area (Å²) in [6, 6.07) is 0.194. The fourth-order valence-corrected chi connectivity index (χ4v) is 0.547. The van der Waals surface area contributed by atoms with Crippen molar-refractivity contribution >= 4 is 0 Å². The molecule has 0 saturated carbocycles. The maximum atomic E-state index is 8.55. The van der Waals surface area contributed by atoms with E-state index < -0.39 is 0 Å². The third-order valence-corrected chi connectivity index (χ3v) is 1.06. The van der Waals surface area contributed by atoms with Crippen LogP contribution in [0.3, 0.4) is 0 Å². The van der Waals surface area contributed by atoms with Gasteiger partial charge in [-0.25, -0.2) is 0 Å². The van der Waals surface area contributed by atoms with Crippen LogP contribution in [0, 0.1) is 6.92 Å². The van der Waals surface area contributed by atoms with Gasteiger partial charge in [0.2, 0.25) is 0 Å². The first-order chi connectivity index (χ1) is 3.85. The molecular formula is C6H14NOW-. The number of aliphatic hydroxyl groups is 1. The van der Waals surface area contributed by atoms with Gasteiger partial charge in [-0.1, -0.05) is 6.92 Å². The van der Waals surface area contributed by atoms with Gasteiger partial charge in [0.25, 0.3) is 0 Å². The van der Waals surface area contributed by atoms with Crippen LogP contribution in [0.2, 0.25) is 0 Å². The van der Waals surface area contributed by atoms with E-state index in [1.54, 1.807) is 0 Å². The summed E-state index contributed by atoms with van der Waals surface area (Å²) in [5.41, 5.74) is 0. The Labute approximate surface area is 71.3 Å². The fraction of sp³-hybridized carbons (Fsp3) is 0.833. The summed E-state index contributed by atoms with van der Waals surface area (Å²) in [5, 5.41) is 11.6. The number of hydrogen-bond donors (Lipinski definition) is 2. The van der Waals surface area contributed by atoms with E-state index >= 15 is 0 Å². The number of rotatable bonds is 4. The van der Waals surface area contributed by atoms with E-state index in [0.717, 1.165) is 13.0 Å². The van der Waals surface area contributed by atoms with Gasteiger partial charge in [-0.05, 0) is 6.54 Å². The molecule has 0 spiro atoms. The minimum Gasteiger partial charge on any atom is -0.395 e. The van der Waals surface area contributed by atoms with Crippen LogP contribution in [0.1, 0.15) is 13.3 Å². The van der Waals surface area contributed by atoms with Crippen molar-refractivity contribution in [3.8, 4) is 0 Å². The average molecular weight is 300 g/mol. The zero-order valence-electron chi connectivity index (χ0n) is 5.76. The van der Waals surface area contributed by atoms with Gasteiger partial charge in [0.05, 0.1) is 6.61 Å². The Hall–Kier alpha value is 0.608. The van der Waals surface area contributed by atoms with Gasteiger partial charge in [-0.3, -0.25) is 0 Å². The van der Waals surface area contributed by atoms with E-state index in [1.165, 1.54) is 0 Å². The van der Waals surface area contributed by atoms with Crippen molar-refractivity contribution in [1.29, 1.82) is 0 Å². The molecule has 0 rings (SSSR count). The van der Waals surface area contributed by atoms with E-state index in [-0.39, 0.29) is 33.7 Å².